The van der Waals surface area contributed by atoms with Crippen LogP contribution in [0, 0.1) is 0 Å². The maximum Gasteiger partial charge on any atom is 0.251 e. The fraction of sp³-hybridized carbons (Fsp3) is 0.417. The van der Waals surface area contributed by atoms with Crippen LogP contribution in [-0.2, 0) is 4.79 Å². The molecule has 0 saturated carbocycles. The molecule has 0 aliphatic heterocycles. The molecule has 2 aromatic rings. The molecule has 0 unspecified atom stereocenters. The number of nitrogens with one attached hydrogen (secondary N) is 3. The molecule has 0 fully saturated rings. The number of unbranched alkanes of at least 4 members (excludes halogenated alkanes) is 3. The van der Waals surface area contributed by atoms with E-state index in [1.165, 1.54) is 19.3 Å². The summed E-state index contributed by atoms with van der Waals surface area (Å²) < 4.78 is 5.73. The number of benzene rings is 2. The summed E-state index contributed by atoms with van der Waals surface area (Å²) in [5.41, 5.74) is 1.94. The Morgan fingerprint density at radius 1 is 0.967 bits per heavy atom. The average Bonchev–Trinajstić information content (AvgIpc) is 2.73. The topological polar surface area (TPSA) is 79.5 Å². The van der Waals surface area contributed by atoms with Gasteiger partial charge in [-0.15, -0.1) is 0 Å². The maximum atomic E-state index is 12.2. The van der Waals surface area contributed by atoms with Gasteiger partial charge in [0.25, 0.3) is 5.91 Å². The predicted molar refractivity (Wildman–Crippen MR) is 122 cm³/mol. The first kappa shape index (κ1) is 23.3. The van der Waals surface area contributed by atoms with Crippen LogP contribution in [0.2, 0.25) is 0 Å². The van der Waals surface area contributed by atoms with E-state index in [0.717, 1.165) is 24.5 Å². The van der Waals surface area contributed by atoms with Crippen molar-refractivity contribution in [1.29, 1.82) is 0 Å². The van der Waals surface area contributed by atoms with Crippen molar-refractivity contribution >= 4 is 23.2 Å². The van der Waals surface area contributed by atoms with Crippen LogP contribution < -0.4 is 20.7 Å². The zero-order chi connectivity index (χ0) is 21.8. The van der Waals surface area contributed by atoms with E-state index in [9.17, 15) is 9.59 Å². The number of hydrogen-bond donors (Lipinski definition) is 3. The second-order valence-electron chi connectivity index (χ2n) is 7.54. The third-order valence-electron chi connectivity index (χ3n) is 4.40. The monoisotopic (exact) mass is 411 g/mol. The third kappa shape index (κ3) is 8.55. The summed E-state index contributed by atoms with van der Waals surface area (Å²) in [6.45, 7) is 6.85. The van der Waals surface area contributed by atoms with E-state index in [-0.39, 0.29) is 24.4 Å². The lowest BCUT2D eigenvalue weighted by atomic mass is 10.1. The summed E-state index contributed by atoms with van der Waals surface area (Å²) >= 11 is 0. The van der Waals surface area contributed by atoms with E-state index in [2.05, 4.69) is 22.9 Å². The van der Waals surface area contributed by atoms with Gasteiger partial charge in [0.05, 0.1) is 13.2 Å². The van der Waals surface area contributed by atoms with E-state index in [0.29, 0.717) is 11.3 Å². The molecule has 0 aliphatic rings. The van der Waals surface area contributed by atoms with Gasteiger partial charge in [0.2, 0.25) is 5.91 Å². The van der Waals surface area contributed by atoms with Crippen molar-refractivity contribution in [2.24, 2.45) is 0 Å². The smallest absolute Gasteiger partial charge is 0.251 e. The van der Waals surface area contributed by atoms with E-state index in [4.69, 9.17) is 4.74 Å². The highest BCUT2D eigenvalue weighted by Gasteiger charge is 2.09. The largest absolute Gasteiger partial charge is 0.494 e. The third-order valence-corrected chi connectivity index (χ3v) is 4.40. The van der Waals surface area contributed by atoms with Crippen LogP contribution in [-0.4, -0.2) is 31.0 Å². The molecule has 0 aliphatic carbocycles. The number of carbonyl (C=O) groups is 2. The van der Waals surface area contributed by atoms with Crippen molar-refractivity contribution in [2.45, 2.75) is 52.5 Å². The zero-order valence-corrected chi connectivity index (χ0v) is 18.2. The number of anilines is 2. The second-order valence-corrected chi connectivity index (χ2v) is 7.54. The predicted octanol–water partition coefficient (Wildman–Crippen LogP) is 4.83. The van der Waals surface area contributed by atoms with Gasteiger partial charge < -0.3 is 20.7 Å². The minimum absolute atomic E-state index is 0.0535. The first-order valence-corrected chi connectivity index (χ1v) is 10.7. The van der Waals surface area contributed by atoms with Gasteiger partial charge in [-0.3, -0.25) is 9.59 Å². The van der Waals surface area contributed by atoms with Gasteiger partial charge in [-0.2, -0.15) is 0 Å². The Morgan fingerprint density at radius 3 is 2.43 bits per heavy atom. The van der Waals surface area contributed by atoms with Crippen molar-refractivity contribution in [2.75, 3.05) is 23.8 Å². The molecular formula is C24H33N3O3. The molecule has 0 radical (unpaired) electrons. The Labute approximate surface area is 179 Å². The summed E-state index contributed by atoms with van der Waals surface area (Å²) in [7, 11) is 0. The Kier molecular flexibility index (Phi) is 9.71. The number of rotatable bonds is 12. The molecule has 2 aromatic carbocycles. The van der Waals surface area contributed by atoms with Crippen molar-refractivity contribution in [3.8, 4) is 5.75 Å². The number of ether oxygens (including phenoxy) is 1. The maximum absolute atomic E-state index is 12.2. The summed E-state index contributed by atoms with van der Waals surface area (Å²) in [5, 5.41) is 8.74. The average molecular weight is 412 g/mol. The highest BCUT2D eigenvalue weighted by molar-refractivity contribution is 5.98. The van der Waals surface area contributed by atoms with E-state index in [1.807, 2.05) is 38.1 Å². The van der Waals surface area contributed by atoms with E-state index < -0.39 is 0 Å². The molecule has 6 heteroatoms. The molecule has 2 rings (SSSR count). The second kappa shape index (κ2) is 12.5. The van der Waals surface area contributed by atoms with Gasteiger partial charge in [0.1, 0.15) is 5.75 Å². The molecular weight excluding hydrogens is 378 g/mol. The van der Waals surface area contributed by atoms with Crippen molar-refractivity contribution in [1.82, 2.24) is 5.32 Å². The fourth-order valence-corrected chi connectivity index (χ4v) is 2.86. The lowest BCUT2D eigenvalue weighted by molar-refractivity contribution is -0.114. The molecule has 0 aromatic heterocycles. The Morgan fingerprint density at radius 2 is 1.73 bits per heavy atom. The van der Waals surface area contributed by atoms with E-state index >= 15 is 0 Å². The summed E-state index contributed by atoms with van der Waals surface area (Å²) in [5.74, 6) is 0.484. The van der Waals surface area contributed by atoms with Crippen LogP contribution in [0.3, 0.4) is 0 Å². The summed E-state index contributed by atoms with van der Waals surface area (Å²) in [6.07, 6.45) is 4.71. The standard InChI is InChI=1S/C24H33N3O3/c1-4-5-6-7-15-30-22-13-11-20(12-14-22)25-17-23(28)27-21-10-8-9-19(16-21)24(29)26-18(2)3/h8-14,16,18,25H,4-7,15,17H2,1-3H3,(H,26,29)(H,27,28). The normalized spacial score (nSPS) is 10.5. The molecule has 0 bridgehead atoms. The minimum Gasteiger partial charge on any atom is -0.494 e. The zero-order valence-electron chi connectivity index (χ0n) is 18.2. The van der Waals surface area contributed by atoms with Gasteiger partial charge in [-0.25, -0.2) is 0 Å². The molecule has 0 saturated heterocycles. The Bertz CT molecular complexity index is 804. The van der Waals surface area contributed by atoms with Crippen LogP contribution in [0.25, 0.3) is 0 Å². The van der Waals surface area contributed by atoms with Gasteiger partial charge in [-0.1, -0.05) is 32.3 Å². The first-order chi connectivity index (χ1) is 14.5. The van der Waals surface area contributed by atoms with Crippen LogP contribution >= 0.6 is 0 Å². The van der Waals surface area contributed by atoms with Crippen LogP contribution in [0.4, 0.5) is 11.4 Å². The van der Waals surface area contributed by atoms with Crippen LogP contribution in [0.5, 0.6) is 5.75 Å². The molecule has 6 nitrogen and oxygen atoms in total. The van der Waals surface area contributed by atoms with Crippen LogP contribution in [0.15, 0.2) is 48.5 Å². The Hall–Kier alpha value is -3.02. The van der Waals surface area contributed by atoms with Crippen LogP contribution in [0.1, 0.15) is 56.8 Å². The molecule has 2 amide bonds. The van der Waals surface area contributed by atoms with E-state index in [1.54, 1.807) is 24.3 Å². The lowest BCUT2D eigenvalue weighted by Crippen LogP contribution is -2.30. The minimum atomic E-state index is -0.187. The lowest BCUT2D eigenvalue weighted by Gasteiger charge is -2.11. The highest BCUT2D eigenvalue weighted by Crippen LogP contribution is 2.16. The number of hydrogen-bond acceptors (Lipinski definition) is 4. The molecule has 3 N–H and O–H groups in total. The van der Waals surface area contributed by atoms with Gasteiger partial charge >= 0.3 is 0 Å². The van der Waals surface area contributed by atoms with Crippen molar-refractivity contribution in [3.05, 3.63) is 54.1 Å². The molecule has 0 heterocycles. The SMILES string of the molecule is CCCCCCOc1ccc(NCC(=O)Nc2cccc(C(=O)NC(C)C)c2)cc1. The molecule has 0 atom stereocenters. The fourth-order valence-electron chi connectivity index (χ4n) is 2.86. The Balaban J connectivity index is 1.77. The quantitative estimate of drug-likeness (QED) is 0.437. The highest BCUT2D eigenvalue weighted by atomic mass is 16.5. The molecule has 0 spiro atoms. The van der Waals surface area contributed by atoms with Crippen molar-refractivity contribution < 1.29 is 14.3 Å². The van der Waals surface area contributed by atoms with Gasteiger partial charge in [0, 0.05) is 23.0 Å². The summed E-state index contributed by atoms with van der Waals surface area (Å²) in [4.78, 5) is 24.3. The molecule has 30 heavy (non-hydrogen) atoms. The number of amides is 2. The van der Waals surface area contributed by atoms with Gasteiger partial charge in [-0.05, 0) is 62.7 Å². The molecule has 162 valence electrons. The number of carbonyl (C=O) groups excluding carboxylic acids is 2. The summed E-state index contributed by atoms with van der Waals surface area (Å²) in [6, 6.07) is 14.5. The van der Waals surface area contributed by atoms with Gasteiger partial charge in [0.15, 0.2) is 0 Å². The van der Waals surface area contributed by atoms with Crippen molar-refractivity contribution in [3.63, 3.8) is 0 Å². The first-order valence-electron chi connectivity index (χ1n) is 10.7.